The van der Waals surface area contributed by atoms with Gasteiger partial charge in [0.25, 0.3) is 0 Å². The maximum absolute atomic E-state index is 6.03. The van der Waals surface area contributed by atoms with E-state index in [1.165, 1.54) is 16.3 Å². The van der Waals surface area contributed by atoms with Crippen LogP contribution in [0.1, 0.15) is 24.9 Å². The zero-order valence-corrected chi connectivity index (χ0v) is 8.27. The molecule has 2 heteroatoms. The predicted molar refractivity (Wildman–Crippen MR) is 59.0 cm³/mol. The van der Waals surface area contributed by atoms with Crippen molar-refractivity contribution < 1.29 is 0 Å². The molecule has 0 aliphatic carbocycles. The number of fused-ring (bicyclic) bond motifs is 1. The molecule has 1 aromatic carbocycles. The van der Waals surface area contributed by atoms with E-state index in [-0.39, 0.29) is 6.04 Å². The molecule has 1 atom stereocenters. The van der Waals surface area contributed by atoms with Crippen molar-refractivity contribution in [2.24, 2.45) is 5.73 Å². The summed E-state index contributed by atoms with van der Waals surface area (Å²) in [6, 6.07) is 8.35. The summed E-state index contributed by atoms with van der Waals surface area (Å²) in [5, 5.41) is 2.38. The second-order valence-corrected chi connectivity index (χ2v) is 3.46. The van der Waals surface area contributed by atoms with E-state index < -0.39 is 0 Å². The maximum atomic E-state index is 6.03. The van der Waals surface area contributed by atoms with Gasteiger partial charge in [-0.1, -0.05) is 25.1 Å². The van der Waals surface area contributed by atoms with E-state index in [1.807, 2.05) is 24.5 Å². The van der Waals surface area contributed by atoms with Crippen LogP contribution in [0.3, 0.4) is 0 Å². The van der Waals surface area contributed by atoms with Gasteiger partial charge in [-0.15, -0.1) is 0 Å². The molecule has 0 fully saturated rings. The molecule has 1 heterocycles. The third-order valence-electron chi connectivity index (χ3n) is 2.56. The molecule has 0 amide bonds. The van der Waals surface area contributed by atoms with Crippen LogP contribution in [0.5, 0.6) is 0 Å². The predicted octanol–water partition coefficient (Wildman–Crippen LogP) is 2.64. The molecule has 0 aliphatic rings. The fraction of sp³-hybridized carbons (Fsp3) is 0.250. The zero-order chi connectivity index (χ0) is 9.97. The highest BCUT2D eigenvalue weighted by molar-refractivity contribution is 5.85. The minimum absolute atomic E-state index is 0.114. The third kappa shape index (κ3) is 1.49. The van der Waals surface area contributed by atoms with Crippen LogP contribution >= 0.6 is 0 Å². The summed E-state index contributed by atoms with van der Waals surface area (Å²) in [6.07, 6.45) is 4.65. The number of hydrogen-bond donors (Lipinski definition) is 1. The van der Waals surface area contributed by atoms with E-state index in [0.29, 0.717) is 0 Å². The van der Waals surface area contributed by atoms with Crippen LogP contribution in [0.15, 0.2) is 36.7 Å². The van der Waals surface area contributed by atoms with Crippen molar-refractivity contribution >= 4 is 10.8 Å². The van der Waals surface area contributed by atoms with Gasteiger partial charge in [0.2, 0.25) is 0 Å². The Hall–Kier alpha value is -1.41. The number of benzene rings is 1. The summed E-state index contributed by atoms with van der Waals surface area (Å²) >= 11 is 0. The zero-order valence-electron chi connectivity index (χ0n) is 8.27. The van der Waals surface area contributed by atoms with Crippen LogP contribution < -0.4 is 5.73 Å². The van der Waals surface area contributed by atoms with Gasteiger partial charge in [-0.2, -0.15) is 0 Å². The van der Waals surface area contributed by atoms with Gasteiger partial charge in [0, 0.05) is 23.8 Å². The molecule has 0 saturated carbocycles. The van der Waals surface area contributed by atoms with Gasteiger partial charge in [0.1, 0.15) is 0 Å². The first-order valence-corrected chi connectivity index (χ1v) is 4.91. The lowest BCUT2D eigenvalue weighted by atomic mass is 9.99. The highest BCUT2D eigenvalue weighted by atomic mass is 14.6. The second kappa shape index (κ2) is 3.76. The number of pyridine rings is 1. The van der Waals surface area contributed by atoms with E-state index >= 15 is 0 Å². The first kappa shape index (κ1) is 9.16. The molecule has 0 aliphatic heterocycles. The summed E-state index contributed by atoms with van der Waals surface area (Å²) in [7, 11) is 0. The van der Waals surface area contributed by atoms with E-state index in [2.05, 4.69) is 24.0 Å². The van der Waals surface area contributed by atoms with Crippen molar-refractivity contribution in [2.75, 3.05) is 0 Å². The molecular weight excluding hydrogens is 172 g/mol. The monoisotopic (exact) mass is 186 g/mol. The molecular formula is C12H14N2. The lowest BCUT2D eigenvalue weighted by molar-refractivity contribution is 0.704. The molecule has 0 unspecified atom stereocenters. The molecule has 14 heavy (non-hydrogen) atoms. The van der Waals surface area contributed by atoms with E-state index in [1.54, 1.807) is 0 Å². The van der Waals surface area contributed by atoms with Crippen LogP contribution in [0.25, 0.3) is 10.8 Å². The Bertz CT molecular complexity index is 432. The molecule has 0 saturated heterocycles. The van der Waals surface area contributed by atoms with Crippen molar-refractivity contribution in [3.05, 3.63) is 42.2 Å². The van der Waals surface area contributed by atoms with Crippen molar-refractivity contribution in [2.45, 2.75) is 19.4 Å². The van der Waals surface area contributed by atoms with E-state index in [0.717, 1.165) is 6.42 Å². The van der Waals surface area contributed by atoms with Gasteiger partial charge in [0.05, 0.1) is 0 Å². The van der Waals surface area contributed by atoms with Gasteiger partial charge in [-0.25, -0.2) is 0 Å². The fourth-order valence-electron chi connectivity index (χ4n) is 1.68. The Morgan fingerprint density at radius 1 is 1.36 bits per heavy atom. The average Bonchev–Trinajstić information content (AvgIpc) is 2.27. The quantitative estimate of drug-likeness (QED) is 0.783. The molecule has 0 radical (unpaired) electrons. The Morgan fingerprint density at radius 2 is 2.21 bits per heavy atom. The molecule has 2 nitrogen and oxygen atoms in total. The van der Waals surface area contributed by atoms with Crippen molar-refractivity contribution in [3.63, 3.8) is 0 Å². The fourth-order valence-corrected chi connectivity index (χ4v) is 1.68. The molecule has 2 aromatic rings. The smallest absolute Gasteiger partial charge is 0.0349 e. The van der Waals surface area contributed by atoms with Crippen molar-refractivity contribution in [1.82, 2.24) is 4.98 Å². The van der Waals surface area contributed by atoms with Gasteiger partial charge < -0.3 is 5.73 Å². The Labute approximate surface area is 83.8 Å². The standard InChI is InChI=1S/C12H14N2/c1-2-12(13)10-5-3-4-9-6-7-14-8-11(9)10/h3-8,12H,2,13H2,1H3/t12-/m0/s1. The highest BCUT2D eigenvalue weighted by Gasteiger charge is 2.06. The minimum Gasteiger partial charge on any atom is -0.324 e. The topological polar surface area (TPSA) is 38.9 Å². The van der Waals surface area contributed by atoms with Gasteiger partial charge in [-0.3, -0.25) is 4.98 Å². The molecule has 2 rings (SSSR count). The number of nitrogens with zero attached hydrogens (tertiary/aromatic N) is 1. The van der Waals surface area contributed by atoms with Gasteiger partial charge in [0.15, 0.2) is 0 Å². The van der Waals surface area contributed by atoms with E-state index in [9.17, 15) is 0 Å². The first-order chi connectivity index (χ1) is 6.83. The summed E-state index contributed by atoms with van der Waals surface area (Å²) in [5.41, 5.74) is 7.23. The summed E-state index contributed by atoms with van der Waals surface area (Å²) in [6.45, 7) is 2.10. The average molecular weight is 186 g/mol. The van der Waals surface area contributed by atoms with Crippen LogP contribution in [0.4, 0.5) is 0 Å². The third-order valence-corrected chi connectivity index (χ3v) is 2.56. The van der Waals surface area contributed by atoms with Crippen LogP contribution in [-0.4, -0.2) is 4.98 Å². The molecule has 2 N–H and O–H groups in total. The lowest BCUT2D eigenvalue weighted by Gasteiger charge is -2.11. The molecule has 0 spiro atoms. The van der Waals surface area contributed by atoms with Gasteiger partial charge in [-0.05, 0) is 23.4 Å². The Balaban J connectivity index is 2.65. The van der Waals surface area contributed by atoms with Crippen molar-refractivity contribution in [1.29, 1.82) is 0 Å². The van der Waals surface area contributed by atoms with Crippen LogP contribution in [0, 0.1) is 0 Å². The molecule has 1 aromatic heterocycles. The Morgan fingerprint density at radius 3 is 3.00 bits per heavy atom. The summed E-state index contributed by atoms with van der Waals surface area (Å²) in [4.78, 5) is 4.13. The normalized spacial score (nSPS) is 13.0. The highest BCUT2D eigenvalue weighted by Crippen LogP contribution is 2.23. The number of hydrogen-bond acceptors (Lipinski definition) is 2. The van der Waals surface area contributed by atoms with E-state index in [4.69, 9.17) is 5.73 Å². The van der Waals surface area contributed by atoms with Crippen LogP contribution in [0.2, 0.25) is 0 Å². The second-order valence-electron chi connectivity index (χ2n) is 3.46. The molecule has 72 valence electrons. The number of aromatic nitrogens is 1. The first-order valence-electron chi connectivity index (χ1n) is 4.91. The van der Waals surface area contributed by atoms with Gasteiger partial charge >= 0.3 is 0 Å². The van der Waals surface area contributed by atoms with Crippen molar-refractivity contribution in [3.8, 4) is 0 Å². The molecule has 0 bridgehead atoms. The summed E-state index contributed by atoms with van der Waals surface area (Å²) < 4.78 is 0. The SMILES string of the molecule is CC[C@H](N)c1cccc2ccncc12. The number of rotatable bonds is 2. The largest absolute Gasteiger partial charge is 0.324 e. The lowest BCUT2D eigenvalue weighted by Crippen LogP contribution is -2.08. The minimum atomic E-state index is 0.114. The number of nitrogens with two attached hydrogens (primary N) is 1. The maximum Gasteiger partial charge on any atom is 0.0349 e. The summed E-state index contributed by atoms with van der Waals surface area (Å²) in [5.74, 6) is 0. The van der Waals surface area contributed by atoms with Crippen LogP contribution in [-0.2, 0) is 0 Å². The Kier molecular flexibility index (Phi) is 2.46.